The number of hydrogen-bond donors (Lipinski definition) is 2. The van der Waals surface area contributed by atoms with E-state index in [0.29, 0.717) is 0 Å². The fourth-order valence-electron chi connectivity index (χ4n) is 1.40. The first-order valence-electron chi connectivity index (χ1n) is 5.60. The van der Waals surface area contributed by atoms with Gasteiger partial charge in [-0.3, -0.25) is 0 Å². The highest BCUT2D eigenvalue weighted by Gasteiger charge is 2.38. The molecule has 0 saturated carbocycles. The highest BCUT2D eigenvalue weighted by atomic mass is 16.6. The number of carbonyl (C=O) groups is 1. The number of aliphatic hydroxyl groups is 2. The normalized spacial score (nSPS) is 16.0. The molecule has 0 radical (unpaired) electrons. The highest BCUT2D eigenvalue weighted by Crippen LogP contribution is 2.16. The third kappa shape index (κ3) is 3.54. The van der Waals surface area contributed by atoms with Gasteiger partial charge in [0.15, 0.2) is 5.60 Å². The van der Waals surface area contributed by atoms with Gasteiger partial charge in [-0.05, 0) is 18.9 Å². The maximum atomic E-state index is 11.6. The van der Waals surface area contributed by atoms with Crippen molar-refractivity contribution in [3.8, 4) is 0 Å². The maximum Gasteiger partial charge on any atom is 0.340 e. The van der Waals surface area contributed by atoms with Gasteiger partial charge in [-0.25, -0.2) is 4.79 Å². The standard InChI is InChI=1S/C13H18O4/c1-3-11(14)13(2,16)12(15)17-9-10-7-5-4-6-8-10/h4-8,11,14,16H,3,9H2,1-2H3/t11-,13-/m0/s1. The summed E-state index contributed by atoms with van der Waals surface area (Å²) < 4.78 is 4.97. The van der Waals surface area contributed by atoms with Crippen molar-refractivity contribution in [2.45, 2.75) is 38.6 Å². The summed E-state index contributed by atoms with van der Waals surface area (Å²) >= 11 is 0. The van der Waals surface area contributed by atoms with Gasteiger partial charge in [0.1, 0.15) is 6.61 Å². The van der Waals surface area contributed by atoms with Gasteiger partial charge in [0, 0.05) is 0 Å². The van der Waals surface area contributed by atoms with Crippen LogP contribution in [0.3, 0.4) is 0 Å². The second-order valence-corrected chi connectivity index (χ2v) is 4.13. The molecule has 0 aliphatic rings. The van der Waals surface area contributed by atoms with Crippen LogP contribution in [0.25, 0.3) is 0 Å². The van der Waals surface area contributed by atoms with Gasteiger partial charge in [0.2, 0.25) is 0 Å². The summed E-state index contributed by atoms with van der Waals surface area (Å²) in [5.41, 5.74) is -1.02. The molecule has 0 unspecified atom stereocenters. The molecule has 94 valence electrons. The van der Waals surface area contributed by atoms with Crippen molar-refractivity contribution in [3.05, 3.63) is 35.9 Å². The lowest BCUT2D eigenvalue weighted by Crippen LogP contribution is -2.47. The number of carbonyl (C=O) groups excluding carboxylic acids is 1. The van der Waals surface area contributed by atoms with Gasteiger partial charge >= 0.3 is 5.97 Å². The summed E-state index contributed by atoms with van der Waals surface area (Å²) in [7, 11) is 0. The lowest BCUT2D eigenvalue weighted by molar-refractivity contribution is -0.176. The Morgan fingerprint density at radius 3 is 2.53 bits per heavy atom. The second kappa shape index (κ2) is 5.80. The van der Waals surface area contributed by atoms with Gasteiger partial charge in [-0.2, -0.15) is 0 Å². The van der Waals surface area contributed by atoms with E-state index >= 15 is 0 Å². The van der Waals surface area contributed by atoms with E-state index in [2.05, 4.69) is 0 Å². The van der Waals surface area contributed by atoms with Crippen LogP contribution in [0.4, 0.5) is 0 Å². The Morgan fingerprint density at radius 1 is 1.41 bits per heavy atom. The second-order valence-electron chi connectivity index (χ2n) is 4.13. The average Bonchev–Trinajstić information content (AvgIpc) is 2.35. The van der Waals surface area contributed by atoms with Gasteiger partial charge < -0.3 is 14.9 Å². The molecule has 0 fully saturated rings. The molecule has 0 amide bonds. The zero-order chi connectivity index (χ0) is 12.9. The fourth-order valence-corrected chi connectivity index (χ4v) is 1.40. The Hall–Kier alpha value is -1.39. The third-order valence-corrected chi connectivity index (χ3v) is 2.66. The maximum absolute atomic E-state index is 11.6. The third-order valence-electron chi connectivity index (χ3n) is 2.66. The van der Waals surface area contributed by atoms with Crippen molar-refractivity contribution < 1.29 is 19.7 Å². The molecule has 0 spiro atoms. The SMILES string of the molecule is CC[C@H](O)[C@](C)(O)C(=O)OCc1ccccc1. The molecule has 0 aliphatic heterocycles. The predicted octanol–water partition coefficient (Wildman–Crippen LogP) is 1.25. The fraction of sp³-hybridized carbons (Fsp3) is 0.462. The van der Waals surface area contributed by atoms with Crippen LogP contribution in [0.2, 0.25) is 0 Å². The van der Waals surface area contributed by atoms with Crippen molar-refractivity contribution in [1.29, 1.82) is 0 Å². The molecule has 0 aromatic heterocycles. The molecule has 1 aromatic carbocycles. The molecular weight excluding hydrogens is 220 g/mol. The molecule has 0 heterocycles. The Balaban J connectivity index is 2.55. The Labute approximate surface area is 101 Å². The molecule has 0 bridgehead atoms. The van der Waals surface area contributed by atoms with Gasteiger partial charge in [0.05, 0.1) is 6.10 Å². The highest BCUT2D eigenvalue weighted by molar-refractivity contribution is 5.79. The summed E-state index contributed by atoms with van der Waals surface area (Å²) in [5.74, 6) is -0.810. The molecule has 2 N–H and O–H groups in total. The van der Waals surface area contributed by atoms with Crippen molar-refractivity contribution >= 4 is 5.97 Å². The minimum Gasteiger partial charge on any atom is -0.459 e. The minimum atomic E-state index is -1.86. The Kier molecular flexibility index (Phi) is 4.66. The summed E-state index contributed by atoms with van der Waals surface area (Å²) in [5, 5.41) is 19.3. The average molecular weight is 238 g/mol. The first kappa shape index (κ1) is 13.7. The number of esters is 1. The minimum absolute atomic E-state index is 0.0895. The predicted molar refractivity (Wildman–Crippen MR) is 63.2 cm³/mol. The van der Waals surface area contributed by atoms with E-state index in [1.807, 2.05) is 30.3 Å². The molecule has 0 saturated heterocycles. The van der Waals surface area contributed by atoms with Crippen LogP contribution in [0.15, 0.2) is 30.3 Å². The van der Waals surface area contributed by atoms with Crippen LogP contribution in [0, 0.1) is 0 Å². The molecule has 17 heavy (non-hydrogen) atoms. The number of hydrogen-bond acceptors (Lipinski definition) is 4. The van der Waals surface area contributed by atoms with Crippen LogP contribution in [-0.4, -0.2) is 27.9 Å². The Bertz CT molecular complexity index is 359. The van der Waals surface area contributed by atoms with E-state index in [1.54, 1.807) is 6.92 Å². The van der Waals surface area contributed by atoms with Gasteiger partial charge in [-0.15, -0.1) is 0 Å². The number of aliphatic hydroxyl groups excluding tert-OH is 1. The molecule has 4 heteroatoms. The van der Waals surface area contributed by atoms with E-state index in [9.17, 15) is 15.0 Å². The topological polar surface area (TPSA) is 66.8 Å². The molecular formula is C13H18O4. The lowest BCUT2D eigenvalue weighted by atomic mass is 9.97. The smallest absolute Gasteiger partial charge is 0.340 e. The van der Waals surface area contributed by atoms with E-state index in [1.165, 1.54) is 6.92 Å². The van der Waals surface area contributed by atoms with Gasteiger partial charge in [-0.1, -0.05) is 37.3 Å². The first-order chi connectivity index (χ1) is 7.98. The van der Waals surface area contributed by atoms with Crippen LogP contribution >= 0.6 is 0 Å². The van der Waals surface area contributed by atoms with E-state index in [-0.39, 0.29) is 13.0 Å². The van der Waals surface area contributed by atoms with Gasteiger partial charge in [0.25, 0.3) is 0 Å². The zero-order valence-corrected chi connectivity index (χ0v) is 10.1. The number of benzene rings is 1. The van der Waals surface area contributed by atoms with E-state index in [0.717, 1.165) is 5.56 Å². The zero-order valence-electron chi connectivity index (χ0n) is 10.1. The van der Waals surface area contributed by atoms with Crippen LogP contribution < -0.4 is 0 Å². The number of ether oxygens (including phenoxy) is 1. The first-order valence-corrected chi connectivity index (χ1v) is 5.60. The van der Waals surface area contributed by atoms with Crippen molar-refractivity contribution in [1.82, 2.24) is 0 Å². The number of rotatable bonds is 5. The van der Waals surface area contributed by atoms with Crippen molar-refractivity contribution in [3.63, 3.8) is 0 Å². The molecule has 4 nitrogen and oxygen atoms in total. The quantitative estimate of drug-likeness (QED) is 0.758. The van der Waals surface area contributed by atoms with Crippen molar-refractivity contribution in [2.24, 2.45) is 0 Å². The monoisotopic (exact) mass is 238 g/mol. The summed E-state index contributed by atoms with van der Waals surface area (Å²) in [6.45, 7) is 3.03. The Morgan fingerprint density at radius 2 is 2.00 bits per heavy atom. The molecule has 1 aromatic rings. The summed E-state index contributed by atoms with van der Waals surface area (Å²) in [6.07, 6.45) is -0.834. The van der Waals surface area contributed by atoms with Crippen LogP contribution in [0.1, 0.15) is 25.8 Å². The summed E-state index contributed by atoms with van der Waals surface area (Å²) in [6, 6.07) is 9.17. The summed E-state index contributed by atoms with van der Waals surface area (Å²) in [4.78, 5) is 11.6. The van der Waals surface area contributed by atoms with Crippen LogP contribution in [0.5, 0.6) is 0 Å². The lowest BCUT2D eigenvalue weighted by Gasteiger charge is -2.25. The van der Waals surface area contributed by atoms with E-state index in [4.69, 9.17) is 4.74 Å². The molecule has 2 atom stereocenters. The van der Waals surface area contributed by atoms with Crippen LogP contribution in [-0.2, 0) is 16.1 Å². The van der Waals surface area contributed by atoms with Crippen molar-refractivity contribution in [2.75, 3.05) is 0 Å². The largest absolute Gasteiger partial charge is 0.459 e. The molecule has 1 rings (SSSR count). The molecule has 0 aliphatic carbocycles. The van der Waals surface area contributed by atoms with E-state index < -0.39 is 17.7 Å².